The third-order valence-electron chi connectivity index (χ3n) is 5.49. The lowest BCUT2D eigenvalue weighted by atomic mass is 9.79. The van der Waals surface area contributed by atoms with Crippen LogP contribution < -0.4 is 5.73 Å². The van der Waals surface area contributed by atoms with Crippen LogP contribution in [0.5, 0.6) is 5.75 Å². The van der Waals surface area contributed by atoms with Gasteiger partial charge in [-0.25, -0.2) is 4.39 Å². The first-order chi connectivity index (χ1) is 14.0. The van der Waals surface area contributed by atoms with Gasteiger partial charge in [-0.15, -0.1) is 12.8 Å². The van der Waals surface area contributed by atoms with Crippen LogP contribution >= 0.6 is 0 Å². The zero-order chi connectivity index (χ0) is 22.4. The number of carbonyl (C=O) groups excluding carboxylic acids is 1. The molecule has 1 aliphatic heterocycles. The third kappa shape index (κ3) is 8.06. The minimum atomic E-state index is -0.813. The highest BCUT2D eigenvalue weighted by molar-refractivity contribution is 5.98. The van der Waals surface area contributed by atoms with Crippen LogP contribution in [0.2, 0.25) is 0 Å². The largest absolute Gasteiger partial charge is 0.505 e. The van der Waals surface area contributed by atoms with E-state index in [2.05, 4.69) is 19.8 Å². The Bertz CT molecular complexity index is 625. The minimum Gasteiger partial charge on any atom is -0.505 e. The molecule has 1 amide bonds. The molecule has 0 radical (unpaired) electrons. The maximum atomic E-state index is 13.2. The predicted octanol–water partition coefficient (Wildman–Crippen LogP) is 5.33. The summed E-state index contributed by atoms with van der Waals surface area (Å²) in [5, 5.41) is 9.04. The van der Waals surface area contributed by atoms with Crippen molar-refractivity contribution in [2.75, 3.05) is 13.6 Å². The number of terminal acetylenes is 1. The summed E-state index contributed by atoms with van der Waals surface area (Å²) in [6, 6.07) is 2.83. The zero-order valence-electron chi connectivity index (χ0n) is 18.6. The topological polar surface area (TPSA) is 66.6 Å². The van der Waals surface area contributed by atoms with Crippen molar-refractivity contribution in [3.05, 3.63) is 29.1 Å². The number of aromatic hydroxyl groups is 1. The highest BCUT2D eigenvalue weighted by atomic mass is 19.1. The molecule has 1 unspecified atom stereocenters. The van der Waals surface area contributed by atoms with Gasteiger partial charge in [0, 0.05) is 13.6 Å². The molecular weight excluding hydrogens is 367 g/mol. The average Bonchev–Trinajstić information content (AvgIpc) is 3.07. The first-order valence-corrected chi connectivity index (χ1v) is 10.7. The van der Waals surface area contributed by atoms with Gasteiger partial charge in [0.05, 0.1) is 5.56 Å². The second kappa shape index (κ2) is 14.9. The van der Waals surface area contributed by atoms with Gasteiger partial charge in [-0.2, -0.15) is 0 Å². The molecule has 1 aliphatic carbocycles. The number of hydrogen-bond acceptors (Lipinski definition) is 3. The minimum absolute atomic E-state index is 0.00231. The van der Waals surface area contributed by atoms with E-state index in [0.29, 0.717) is 12.1 Å². The van der Waals surface area contributed by atoms with Crippen molar-refractivity contribution in [1.29, 1.82) is 0 Å². The van der Waals surface area contributed by atoms with Crippen LogP contribution in [0, 0.1) is 30.5 Å². The Hall–Kier alpha value is -2.06. The van der Waals surface area contributed by atoms with Gasteiger partial charge < -0.3 is 15.7 Å². The van der Waals surface area contributed by atoms with Crippen LogP contribution in [-0.4, -0.2) is 29.5 Å². The maximum absolute atomic E-state index is 13.2. The Morgan fingerprint density at radius 3 is 2.38 bits per heavy atom. The van der Waals surface area contributed by atoms with E-state index in [4.69, 9.17) is 10.8 Å². The highest BCUT2D eigenvalue weighted by Gasteiger charge is 2.29. The van der Waals surface area contributed by atoms with Gasteiger partial charge in [-0.1, -0.05) is 58.9 Å². The summed E-state index contributed by atoms with van der Waals surface area (Å²) in [6.07, 6.45) is 17.9. The van der Waals surface area contributed by atoms with Crippen LogP contribution in [0.15, 0.2) is 12.1 Å². The molecule has 29 heavy (non-hydrogen) atoms. The Morgan fingerprint density at radius 1 is 1.24 bits per heavy atom. The lowest BCUT2D eigenvalue weighted by Gasteiger charge is -2.27. The molecule has 2 aliphatic rings. The van der Waals surface area contributed by atoms with E-state index in [0.717, 1.165) is 18.4 Å². The Labute approximate surface area is 176 Å². The molecule has 3 N–H and O–H groups in total. The quantitative estimate of drug-likeness (QED) is 0.664. The van der Waals surface area contributed by atoms with Crippen molar-refractivity contribution in [2.45, 2.75) is 72.3 Å². The van der Waals surface area contributed by atoms with E-state index < -0.39 is 11.6 Å². The smallest absolute Gasteiger partial charge is 0.257 e. The predicted molar refractivity (Wildman–Crippen MR) is 119 cm³/mol. The number of fused-ring (bicyclic) bond motifs is 1. The van der Waals surface area contributed by atoms with Gasteiger partial charge in [0.25, 0.3) is 5.91 Å². The van der Waals surface area contributed by atoms with Gasteiger partial charge in [0.15, 0.2) is 11.6 Å². The van der Waals surface area contributed by atoms with Crippen molar-refractivity contribution in [1.82, 2.24) is 4.90 Å². The number of hydrogen-bond donors (Lipinski definition) is 2. The molecule has 0 spiro atoms. The van der Waals surface area contributed by atoms with Crippen LogP contribution in [0.3, 0.4) is 0 Å². The Kier molecular flexibility index (Phi) is 13.8. The van der Waals surface area contributed by atoms with E-state index in [1.807, 2.05) is 13.8 Å². The summed E-state index contributed by atoms with van der Waals surface area (Å²) >= 11 is 0. The van der Waals surface area contributed by atoms with Gasteiger partial charge >= 0.3 is 0 Å². The van der Waals surface area contributed by atoms with E-state index in [1.165, 1.54) is 55.9 Å². The summed E-state index contributed by atoms with van der Waals surface area (Å²) in [5.41, 5.74) is 6.14. The number of nitrogens with two attached hydrogens (primary N) is 1. The van der Waals surface area contributed by atoms with Crippen molar-refractivity contribution >= 4 is 5.91 Å². The van der Waals surface area contributed by atoms with Gasteiger partial charge in [0.1, 0.15) is 0 Å². The van der Waals surface area contributed by atoms with Crippen molar-refractivity contribution in [2.24, 2.45) is 17.6 Å². The summed E-state index contributed by atoms with van der Waals surface area (Å²) < 4.78 is 13.2. The number of phenolic OH excluding ortho intramolecular Hbond substituents is 1. The van der Waals surface area contributed by atoms with Crippen LogP contribution in [-0.2, 0) is 6.54 Å². The molecular formula is C24H39FN2O2. The van der Waals surface area contributed by atoms with Gasteiger partial charge in [-0.3, -0.25) is 4.79 Å². The van der Waals surface area contributed by atoms with Crippen LogP contribution in [0.25, 0.3) is 0 Å². The summed E-state index contributed by atoms with van der Waals surface area (Å²) in [5.74, 6) is 0.289. The number of carbonyl (C=O) groups is 1. The lowest BCUT2D eigenvalue weighted by Crippen LogP contribution is -2.18. The molecule has 3 rings (SSSR count). The molecule has 0 aromatic heterocycles. The average molecular weight is 407 g/mol. The lowest BCUT2D eigenvalue weighted by molar-refractivity contribution is 0.0812. The second-order valence-corrected chi connectivity index (χ2v) is 7.40. The highest BCUT2D eigenvalue weighted by Crippen LogP contribution is 2.32. The number of phenols is 1. The standard InChI is InChI=1S/C11H23N.C9H8FNO2.C2H6.C2H2/c1-10(6-5-9-12)11-7-3-2-4-8-11;1-11-4-5-2-3-6(12)8(10)7(5)9(11)13;2*1-2/h10-11H,2-9,12H2,1H3;2-3,12H,4H2,1H3;1-2H3;1-2H. The number of rotatable bonds is 4. The van der Waals surface area contributed by atoms with Crippen molar-refractivity contribution in [3.8, 4) is 18.6 Å². The molecule has 164 valence electrons. The first-order valence-electron chi connectivity index (χ1n) is 10.7. The van der Waals surface area contributed by atoms with Crippen LogP contribution in [0.4, 0.5) is 4.39 Å². The summed E-state index contributed by atoms with van der Waals surface area (Å²) in [6.45, 7) is 7.69. The first kappa shape index (κ1) is 26.9. The number of halogens is 1. The van der Waals surface area contributed by atoms with E-state index in [1.54, 1.807) is 13.1 Å². The van der Waals surface area contributed by atoms with Gasteiger partial charge in [0.2, 0.25) is 0 Å². The molecule has 1 heterocycles. The Balaban J connectivity index is 0.000000463. The molecule has 0 bridgehead atoms. The molecule has 4 nitrogen and oxygen atoms in total. The fourth-order valence-electron chi connectivity index (χ4n) is 3.86. The number of benzene rings is 1. The second-order valence-electron chi connectivity index (χ2n) is 7.40. The number of amides is 1. The van der Waals surface area contributed by atoms with Gasteiger partial charge in [-0.05, 0) is 42.9 Å². The monoisotopic (exact) mass is 406 g/mol. The fraction of sp³-hybridized carbons (Fsp3) is 0.625. The third-order valence-corrected chi connectivity index (χ3v) is 5.49. The van der Waals surface area contributed by atoms with E-state index in [-0.39, 0.29) is 11.5 Å². The maximum Gasteiger partial charge on any atom is 0.257 e. The fourth-order valence-corrected chi connectivity index (χ4v) is 3.86. The molecule has 1 saturated carbocycles. The number of nitrogens with zero attached hydrogens (tertiary/aromatic N) is 1. The van der Waals surface area contributed by atoms with E-state index in [9.17, 15) is 9.18 Å². The van der Waals surface area contributed by atoms with Crippen molar-refractivity contribution in [3.63, 3.8) is 0 Å². The summed E-state index contributed by atoms with van der Waals surface area (Å²) in [4.78, 5) is 12.8. The van der Waals surface area contributed by atoms with E-state index >= 15 is 0 Å². The zero-order valence-corrected chi connectivity index (χ0v) is 18.6. The molecule has 1 fully saturated rings. The summed E-state index contributed by atoms with van der Waals surface area (Å²) in [7, 11) is 1.60. The molecule has 1 atom stereocenters. The van der Waals surface area contributed by atoms with Crippen LogP contribution in [0.1, 0.15) is 81.6 Å². The Morgan fingerprint density at radius 2 is 1.83 bits per heavy atom. The molecule has 1 aromatic rings. The molecule has 1 aromatic carbocycles. The SMILES string of the molecule is C#C.CC.CC(CCCN)C1CCCCC1.CN1Cc2ccc(O)c(F)c2C1=O. The van der Waals surface area contributed by atoms with Crippen molar-refractivity contribution < 1.29 is 14.3 Å². The molecule has 0 saturated heterocycles. The molecule has 5 heteroatoms. The normalized spacial score (nSPS) is 16.3.